The molecule has 0 N–H and O–H groups in total. The number of piperidine rings is 1. The van der Waals surface area contributed by atoms with Crippen molar-refractivity contribution in [1.29, 1.82) is 0 Å². The Labute approximate surface area is 161 Å². The van der Waals surface area contributed by atoms with Gasteiger partial charge in [0.25, 0.3) is 11.1 Å². The number of carbonyl (C=O) groups is 1. The molecule has 0 aliphatic carbocycles. The van der Waals surface area contributed by atoms with Crippen molar-refractivity contribution in [2.24, 2.45) is 0 Å². The fraction of sp³-hybridized carbons (Fsp3) is 0.300. The number of para-hydroxylation sites is 1. The molecule has 3 aromatic rings. The van der Waals surface area contributed by atoms with Gasteiger partial charge in [-0.05, 0) is 31.2 Å². The highest BCUT2D eigenvalue weighted by atomic mass is 35.5. The third kappa shape index (κ3) is 3.55. The molecule has 0 atom stereocenters. The van der Waals surface area contributed by atoms with Gasteiger partial charge in [-0.25, -0.2) is 4.98 Å². The van der Waals surface area contributed by atoms with E-state index in [1.54, 1.807) is 0 Å². The van der Waals surface area contributed by atoms with E-state index in [1.165, 1.54) is 11.3 Å². The van der Waals surface area contributed by atoms with E-state index in [1.807, 2.05) is 54.3 Å². The first-order valence-electron chi connectivity index (χ1n) is 8.68. The monoisotopic (exact) mass is 386 g/mol. The molecule has 0 radical (unpaired) electrons. The zero-order chi connectivity index (χ0) is 18.1. The molecule has 6 heteroatoms. The fourth-order valence-corrected chi connectivity index (χ4v) is 4.41. The van der Waals surface area contributed by atoms with Crippen molar-refractivity contribution >= 4 is 39.1 Å². The van der Waals surface area contributed by atoms with Crippen LogP contribution in [0.3, 0.4) is 0 Å². The van der Waals surface area contributed by atoms with Gasteiger partial charge in [-0.3, -0.25) is 4.79 Å². The van der Waals surface area contributed by atoms with E-state index >= 15 is 0 Å². The van der Waals surface area contributed by atoms with Gasteiger partial charge >= 0.3 is 0 Å². The van der Waals surface area contributed by atoms with Crippen LogP contribution in [0.5, 0.6) is 5.19 Å². The van der Waals surface area contributed by atoms with E-state index in [0.29, 0.717) is 23.3 Å². The Morgan fingerprint density at radius 1 is 1.23 bits per heavy atom. The number of hydrogen-bond donors (Lipinski definition) is 0. The van der Waals surface area contributed by atoms with Gasteiger partial charge in [0.05, 0.1) is 9.72 Å². The predicted molar refractivity (Wildman–Crippen MR) is 105 cm³/mol. The van der Waals surface area contributed by atoms with Crippen LogP contribution < -0.4 is 4.74 Å². The molecule has 0 saturated carbocycles. The Bertz CT molecular complexity index is 948. The van der Waals surface area contributed by atoms with Crippen molar-refractivity contribution in [3.05, 3.63) is 58.6 Å². The predicted octanol–water partition coefficient (Wildman–Crippen LogP) is 4.94. The maximum atomic E-state index is 12.6. The Kier molecular flexibility index (Phi) is 4.83. The molecule has 1 amide bonds. The van der Waals surface area contributed by atoms with Crippen LogP contribution in [0.25, 0.3) is 10.2 Å². The molecular weight excluding hydrogens is 368 g/mol. The van der Waals surface area contributed by atoms with E-state index in [9.17, 15) is 4.79 Å². The van der Waals surface area contributed by atoms with Crippen molar-refractivity contribution in [1.82, 2.24) is 9.88 Å². The van der Waals surface area contributed by atoms with Gasteiger partial charge in [-0.15, -0.1) is 0 Å². The summed E-state index contributed by atoms with van der Waals surface area (Å²) in [6.07, 6.45) is 1.69. The van der Waals surface area contributed by atoms with E-state index in [0.717, 1.165) is 34.2 Å². The van der Waals surface area contributed by atoms with Crippen LogP contribution in [0.4, 0.5) is 0 Å². The van der Waals surface area contributed by atoms with Gasteiger partial charge in [-0.2, -0.15) is 0 Å². The average Bonchev–Trinajstić information content (AvgIpc) is 3.06. The second kappa shape index (κ2) is 7.25. The van der Waals surface area contributed by atoms with Crippen LogP contribution in [0.2, 0.25) is 5.02 Å². The van der Waals surface area contributed by atoms with Gasteiger partial charge in [0.2, 0.25) is 0 Å². The molecule has 2 aromatic carbocycles. The molecule has 0 spiro atoms. The van der Waals surface area contributed by atoms with Gasteiger partial charge in [-0.1, -0.05) is 46.7 Å². The molecule has 26 heavy (non-hydrogen) atoms. The lowest BCUT2D eigenvalue weighted by Gasteiger charge is -2.31. The zero-order valence-electron chi connectivity index (χ0n) is 14.4. The Morgan fingerprint density at radius 3 is 2.73 bits per heavy atom. The first-order chi connectivity index (χ1) is 12.6. The highest BCUT2D eigenvalue weighted by Gasteiger charge is 2.25. The van der Waals surface area contributed by atoms with E-state index < -0.39 is 0 Å². The molecule has 1 aliphatic rings. The molecule has 4 rings (SSSR count). The quantitative estimate of drug-likeness (QED) is 0.640. The van der Waals surface area contributed by atoms with Crippen LogP contribution in [0.15, 0.2) is 42.5 Å². The second-order valence-electron chi connectivity index (χ2n) is 6.55. The number of hydrogen-bond acceptors (Lipinski definition) is 4. The number of thiazole rings is 1. The van der Waals surface area contributed by atoms with Gasteiger partial charge in [0.1, 0.15) is 11.6 Å². The minimum absolute atomic E-state index is 0.0795. The number of fused-ring (bicyclic) bond motifs is 1. The van der Waals surface area contributed by atoms with E-state index in [2.05, 4.69) is 4.98 Å². The lowest BCUT2D eigenvalue weighted by molar-refractivity contribution is 0.0595. The summed E-state index contributed by atoms with van der Waals surface area (Å²) in [4.78, 5) is 19.0. The minimum atomic E-state index is 0.0795. The number of aryl methyl sites for hydroxylation is 1. The number of halogens is 1. The zero-order valence-corrected chi connectivity index (χ0v) is 16.0. The molecule has 1 fully saturated rings. The fourth-order valence-electron chi connectivity index (χ4n) is 3.22. The molecule has 134 valence electrons. The van der Waals surface area contributed by atoms with Crippen LogP contribution in [0.1, 0.15) is 28.8 Å². The van der Waals surface area contributed by atoms with Crippen molar-refractivity contribution in [2.45, 2.75) is 25.9 Å². The summed E-state index contributed by atoms with van der Waals surface area (Å²) in [6, 6.07) is 13.5. The standard InChI is InChI=1S/C20H19ClN2O2S/c1-13-4-2-5-14(12-13)19(24)23-10-8-15(9-11-23)25-20-22-18-16(21)6-3-7-17(18)26-20/h2-7,12,15H,8-11H2,1H3. The smallest absolute Gasteiger partial charge is 0.274 e. The van der Waals surface area contributed by atoms with Crippen molar-refractivity contribution in [3.63, 3.8) is 0 Å². The van der Waals surface area contributed by atoms with Crippen molar-refractivity contribution < 1.29 is 9.53 Å². The summed E-state index contributed by atoms with van der Waals surface area (Å²) in [5.74, 6) is 0.0962. The van der Waals surface area contributed by atoms with E-state index in [4.69, 9.17) is 16.3 Å². The highest BCUT2D eigenvalue weighted by Crippen LogP contribution is 2.33. The van der Waals surface area contributed by atoms with Crippen LogP contribution in [-0.2, 0) is 0 Å². The van der Waals surface area contributed by atoms with Crippen molar-refractivity contribution in [2.75, 3.05) is 13.1 Å². The molecule has 1 aliphatic heterocycles. The number of aromatic nitrogens is 1. The Hall–Kier alpha value is -2.11. The third-order valence-corrected chi connectivity index (χ3v) is 5.83. The number of ether oxygens (including phenoxy) is 1. The normalized spacial score (nSPS) is 15.4. The minimum Gasteiger partial charge on any atom is -0.467 e. The molecular formula is C20H19ClN2O2S. The Balaban J connectivity index is 1.38. The highest BCUT2D eigenvalue weighted by molar-refractivity contribution is 7.20. The average molecular weight is 387 g/mol. The number of benzene rings is 2. The summed E-state index contributed by atoms with van der Waals surface area (Å²) in [5.41, 5.74) is 2.65. The van der Waals surface area contributed by atoms with Gasteiger partial charge in [0.15, 0.2) is 0 Å². The summed E-state index contributed by atoms with van der Waals surface area (Å²) < 4.78 is 7.09. The van der Waals surface area contributed by atoms with Crippen molar-refractivity contribution in [3.8, 4) is 5.19 Å². The third-order valence-electron chi connectivity index (χ3n) is 4.61. The number of amides is 1. The summed E-state index contributed by atoms with van der Waals surface area (Å²) in [6.45, 7) is 3.40. The molecule has 4 nitrogen and oxygen atoms in total. The summed E-state index contributed by atoms with van der Waals surface area (Å²) in [5, 5.41) is 1.30. The molecule has 0 unspecified atom stereocenters. The number of likely N-dealkylation sites (tertiary alicyclic amines) is 1. The number of carbonyl (C=O) groups excluding carboxylic acids is 1. The number of rotatable bonds is 3. The first kappa shape index (κ1) is 17.3. The topological polar surface area (TPSA) is 42.4 Å². The molecule has 2 heterocycles. The molecule has 0 bridgehead atoms. The van der Waals surface area contributed by atoms with E-state index in [-0.39, 0.29) is 12.0 Å². The lowest BCUT2D eigenvalue weighted by Crippen LogP contribution is -2.41. The maximum Gasteiger partial charge on any atom is 0.274 e. The first-order valence-corrected chi connectivity index (χ1v) is 9.87. The number of nitrogens with zero attached hydrogens (tertiary/aromatic N) is 2. The largest absolute Gasteiger partial charge is 0.467 e. The van der Waals surface area contributed by atoms with Gasteiger partial charge in [0, 0.05) is 31.5 Å². The SMILES string of the molecule is Cc1cccc(C(=O)N2CCC(Oc3nc4c(Cl)cccc4s3)CC2)c1. The van der Waals surface area contributed by atoms with Crippen LogP contribution in [0, 0.1) is 6.92 Å². The lowest BCUT2D eigenvalue weighted by atomic mass is 10.1. The Morgan fingerprint density at radius 2 is 2.00 bits per heavy atom. The molecule has 1 saturated heterocycles. The van der Waals surface area contributed by atoms with Crippen LogP contribution in [-0.4, -0.2) is 35.0 Å². The van der Waals surface area contributed by atoms with Crippen LogP contribution >= 0.6 is 22.9 Å². The maximum absolute atomic E-state index is 12.6. The summed E-state index contributed by atoms with van der Waals surface area (Å²) >= 11 is 7.69. The summed E-state index contributed by atoms with van der Waals surface area (Å²) in [7, 11) is 0. The molecule has 1 aromatic heterocycles. The van der Waals surface area contributed by atoms with Gasteiger partial charge < -0.3 is 9.64 Å². The second-order valence-corrected chi connectivity index (χ2v) is 7.95.